The topological polar surface area (TPSA) is 69.0 Å². The van der Waals surface area contributed by atoms with Crippen molar-refractivity contribution in [2.45, 2.75) is 12.6 Å². The summed E-state index contributed by atoms with van der Waals surface area (Å²) in [6, 6.07) is 16.4. The normalized spacial score (nSPS) is 12.0. The molecule has 28 heavy (non-hydrogen) atoms. The lowest BCUT2D eigenvalue weighted by Gasteiger charge is -2.25. The minimum Gasteiger partial charge on any atom is -0.497 e. The predicted octanol–water partition coefficient (Wildman–Crippen LogP) is 2.58. The molecule has 154 valence electrons. The number of methoxy groups -OCH3 is 3. The SMILES string of the molecule is COCCN(CCOC)c1ccc([C@H](N)CNCc2ccc(OC)cc2)cc1. The minimum atomic E-state index is -0.0568. The molecule has 1 atom stereocenters. The summed E-state index contributed by atoms with van der Waals surface area (Å²) in [5.74, 6) is 0.866. The van der Waals surface area contributed by atoms with Crippen LogP contribution in [0.5, 0.6) is 5.75 Å². The van der Waals surface area contributed by atoms with Gasteiger partial charge in [0.1, 0.15) is 5.75 Å². The highest BCUT2D eigenvalue weighted by molar-refractivity contribution is 5.48. The lowest BCUT2D eigenvalue weighted by atomic mass is 10.1. The van der Waals surface area contributed by atoms with Gasteiger partial charge in [0, 0.05) is 52.1 Å². The Balaban J connectivity index is 1.86. The molecule has 0 fully saturated rings. The monoisotopic (exact) mass is 387 g/mol. The molecule has 0 aliphatic rings. The maximum absolute atomic E-state index is 6.36. The number of nitrogens with zero attached hydrogens (tertiary/aromatic N) is 1. The van der Waals surface area contributed by atoms with Crippen LogP contribution in [-0.4, -0.2) is 54.2 Å². The van der Waals surface area contributed by atoms with E-state index < -0.39 is 0 Å². The summed E-state index contributed by atoms with van der Waals surface area (Å²) in [6.45, 7) is 4.50. The lowest BCUT2D eigenvalue weighted by Crippen LogP contribution is -2.30. The van der Waals surface area contributed by atoms with E-state index in [-0.39, 0.29) is 6.04 Å². The van der Waals surface area contributed by atoms with Crippen molar-refractivity contribution in [3.63, 3.8) is 0 Å². The van der Waals surface area contributed by atoms with Gasteiger partial charge in [-0.3, -0.25) is 0 Å². The molecule has 0 bridgehead atoms. The van der Waals surface area contributed by atoms with Gasteiger partial charge in [-0.25, -0.2) is 0 Å². The summed E-state index contributed by atoms with van der Waals surface area (Å²) in [5.41, 5.74) is 9.82. The van der Waals surface area contributed by atoms with E-state index in [1.165, 1.54) is 5.56 Å². The molecule has 0 saturated carbocycles. The van der Waals surface area contributed by atoms with Crippen molar-refractivity contribution in [1.29, 1.82) is 0 Å². The number of nitrogens with two attached hydrogens (primary N) is 1. The van der Waals surface area contributed by atoms with Gasteiger partial charge in [-0.2, -0.15) is 0 Å². The van der Waals surface area contributed by atoms with E-state index in [1.807, 2.05) is 12.1 Å². The second kappa shape index (κ2) is 12.4. The number of anilines is 1. The fourth-order valence-electron chi connectivity index (χ4n) is 2.94. The Morgan fingerprint density at radius 2 is 1.50 bits per heavy atom. The molecule has 0 heterocycles. The summed E-state index contributed by atoms with van der Waals surface area (Å²) in [4.78, 5) is 2.25. The van der Waals surface area contributed by atoms with Gasteiger partial charge in [-0.05, 0) is 35.4 Å². The molecule has 0 amide bonds. The van der Waals surface area contributed by atoms with Crippen LogP contribution in [0.1, 0.15) is 17.2 Å². The zero-order valence-corrected chi connectivity index (χ0v) is 17.2. The first-order valence-electron chi connectivity index (χ1n) is 9.60. The number of hydrogen-bond donors (Lipinski definition) is 2. The second-order valence-corrected chi connectivity index (χ2v) is 6.65. The zero-order valence-electron chi connectivity index (χ0n) is 17.2. The molecule has 0 aliphatic heterocycles. The van der Waals surface area contributed by atoms with E-state index in [9.17, 15) is 0 Å². The van der Waals surface area contributed by atoms with Gasteiger partial charge in [0.15, 0.2) is 0 Å². The van der Waals surface area contributed by atoms with E-state index in [4.69, 9.17) is 19.9 Å². The maximum Gasteiger partial charge on any atom is 0.118 e. The molecular formula is C22H33N3O3. The Morgan fingerprint density at radius 1 is 0.893 bits per heavy atom. The molecular weight excluding hydrogens is 354 g/mol. The largest absolute Gasteiger partial charge is 0.497 e. The third-order valence-electron chi connectivity index (χ3n) is 4.67. The number of nitrogens with one attached hydrogen (secondary N) is 1. The van der Waals surface area contributed by atoms with Crippen molar-refractivity contribution >= 4 is 5.69 Å². The van der Waals surface area contributed by atoms with Gasteiger partial charge in [-0.1, -0.05) is 24.3 Å². The second-order valence-electron chi connectivity index (χ2n) is 6.65. The van der Waals surface area contributed by atoms with Crippen molar-refractivity contribution in [2.24, 2.45) is 5.73 Å². The minimum absolute atomic E-state index is 0.0568. The van der Waals surface area contributed by atoms with Crippen LogP contribution in [0.2, 0.25) is 0 Å². The quantitative estimate of drug-likeness (QED) is 0.551. The fraction of sp³-hybridized carbons (Fsp3) is 0.455. The molecule has 0 saturated heterocycles. The number of rotatable bonds is 13. The molecule has 2 aromatic rings. The Kier molecular flexibility index (Phi) is 9.79. The summed E-state index contributed by atoms with van der Waals surface area (Å²) in [6.07, 6.45) is 0. The first kappa shape index (κ1) is 22.2. The molecule has 0 aromatic heterocycles. The standard InChI is InChI=1S/C22H33N3O3/c1-26-14-12-25(13-15-27-2)20-8-6-19(7-9-20)22(23)17-24-16-18-4-10-21(28-3)11-5-18/h4-11,22,24H,12-17,23H2,1-3H3/t22-/m1/s1. The van der Waals surface area contributed by atoms with Crippen LogP contribution in [0.15, 0.2) is 48.5 Å². The van der Waals surface area contributed by atoms with Crippen LogP contribution in [0.25, 0.3) is 0 Å². The summed E-state index contributed by atoms with van der Waals surface area (Å²) in [5, 5.41) is 3.42. The van der Waals surface area contributed by atoms with Crippen LogP contribution in [0, 0.1) is 0 Å². The summed E-state index contributed by atoms with van der Waals surface area (Å²) < 4.78 is 15.6. The van der Waals surface area contributed by atoms with Gasteiger partial charge >= 0.3 is 0 Å². The van der Waals surface area contributed by atoms with Gasteiger partial charge in [-0.15, -0.1) is 0 Å². The van der Waals surface area contributed by atoms with Gasteiger partial charge in [0.2, 0.25) is 0 Å². The third kappa shape index (κ3) is 7.13. The molecule has 0 aliphatic carbocycles. The molecule has 2 aromatic carbocycles. The Bertz CT molecular complexity index is 654. The zero-order chi connectivity index (χ0) is 20.2. The van der Waals surface area contributed by atoms with Crippen LogP contribution in [0.3, 0.4) is 0 Å². The fourth-order valence-corrected chi connectivity index (χ4v) is 2.94. The van der Waals surface area contributed by atoms with Crippen molar-refractivity contribution in [2.75, 3.05) is 59.1 Å². The smallest absolute Gasteiger partial charge is 0.118 e. The van der Waals surface area contributed by atoms with E-state index in [1.54, 1.807) is 21.3 Å². The van der Waals surface area contributed by atoms with Crippen LogP contribution in [0.4, 0.5) is 5.69 Å². The van der Waals surface area contributed by atoms with E-state index in [0.717, 1.165) is 36.6 Å². The number of benzene rings is 2. The van der Waals surface area contributed by atoms with E-state index >= 15 is 0 Å². The summed E-state index contributed by atoms with van der Waals surface area (Å²) in [7, 11) is 5.11. The molecule has 0 unspecified atom stereocenters. The molecule has 0 spiro atoms. The first-order valence-corrected chi connectivity index (χ1v) is 9.60. The van der Waals surface area contributed by atoms with E-state index in [0.29, 0.717) is 19.8 Å². The highest BCUT2D eigenvalue weighted by Crippen LogP contribution is 2.18. The van der Waals surface area contributed by atoms with Gasteiger partial charge < -0.3 is 30.2 Å². The van der Waals surface area contributed by atoms with Crippen LogP contribution in [-0.2, 0) is 16.0 Å². The molecule has 6 nitrogen and oxygen atoms in total. The van der Waals surface area contributed by atoms with Crippen LogP contribution >= 0.6 is 0 Å². The summed E-state index contributed by atoms with van der Waals surface area (Å²) >= 11 is 0. The van der Waals surface area contributed by atoms with E-state index in [2.05, 4.69) is 46.6 Å². The molecule has 6 heteroatoms. The first-order chi connectivity index (χ1) is 13.7. The number of ether oxygens (including phenoxy) is 3. The molecule has 3 N–H and O–H groups in total. The highest BCUT2D eigenvalue weighted by atomic mass is 16.5. The van der Waals surface area contributed by atoms with Gasteiger partial charge in [0.25, 0.3) is 0 Å². The lowest BCUT2D eigenvalue weighted by molar-refractivity contribution is 0.190. The predicted molar refractivity (Wildman–Crippen MR) is 114 cm³/mol. The average Bonchev–Trinajstić information content (AvgIpc) is 2.74. The van der Waals surface area contributed by atoms with Gasteiger partial charge in [0.05, 0.1) is 20.3 Å². The maximum atomic E-state index is 6.36. The van der Waals surface area contributed by atoms with Crippen LogP contribution < -0.4 is 20.7 Å². The Labute approximate surface area is 168 Å². The third-order valence-corrected chi connectivity index (χ3v) is 4.67. The molecule has 2 rings (SSSR count). The molecule has 0 radical (unpaired) electrons. The number of hydrogen-bond acceptors (Lipinski definition) is 6. The Hall–Kier alpha value is -2.12. The van der Waals surface area contributed by atoms with Crippen molar-refractivity contribution in [1.82, 2.24) is 5.32 Å². The van der Waals surface area contributed by atoms with Crippen molar-refractivity contribution in [3.05, 3.63) is 59.7 Å². The van der Waals surface area contributed by atoms with Crippen molar-refractivity contribution in [3.8, 4) is 5.75 Å². The Morgan fingerprint density at radius 3 is 2.04 bits per heavy atom. The highest BCUT2D eigenvalue weighted by Gasteiger charge is 2.09. The average molecular weight is 388 g/mol. The van der Waals surface area contributed by atoms with Crippen molar-refractivity contribution < 1.29 is 14.2 Å².